The summed E-state index contributed by atoms with van der Waals surface area (Å²) in [6.07, 6.45) is 2.87. The molecule has 29 heavy (non-hydrogen) atoms. The van der Waals surface area contributed by atoms with Crippen molar-refractivity contribution < 1.29 is 14.3 Å². The molecule has 0 radical (unpaired) electrons. The fraction of sp³-hybridized carbons (Fsp3) is 0.667. The zero-order valence-corrected chi connectivity index (χ0v) is 19.4. The minimum absolute atomic E-state index is 0. The standard InChI is InChI=1S/C21H35N3O3.2ClH/c1-16(2)13-20(22)21(25)23-15-17-5-4-6-19(14-17)27-12-9-24(3)18-7-10-26-11-8-18;;/h4-6,14,16,18,20H,7-13,15,22H2,1-3H3,(H,23,25);2*1H/t20-;;/m0../s1. The minimum atomic E-state index is -0.454. The normalized spacial score (nSPS) is 15.4. The lowest BCUT2D eigenvalue weighted by Crippen LogP contribution is -2.41. The molecule has 2 rings (SSSR count). The van der Waals surface area contributed by atoms with Crippen LogP contribution in [0.1, 0.15) is 38.7 Å². The minimum Gasteiger partial charge on any atom is -0.492 e. The Balaban J connectivity index is 0.00000392. The van der Waals surface area contributed by atoms with Crippen LogP contribution in [-0.4, -0.2) is 56.3 Å². The van der Waals surface area contributed by atoms with E-state index >= 15 is 0 Å². The fourth-order valence-corrected chi connectivity index (χ4v) is 3.30. The molecular formula is C21H37Cl2N3O3. The molecule has 1 aliphatic heterocycles. The maximum Gasteiger partial charge on any atom is 0.237 e. The number of hydrogen-bond acceptors (Lipinski definition) is 5. The van der Waals surface area contributed by atoms with Crippen LogP contribution in [0.5, 0.6) is 5.75 Å². The first-order chi connectivity index (χ1) is 13.0. The molecule has 8 heteroatoms. The zero-order valence-electron chi connectivity index (χ0n) is 17.8. The van der Waals surface area contributed by atoms with E-state index in [2.05, 4.69) is 31.1 Å². The predicted molar refractivity (Wildman–Crippen MR) is 122 cm³/mol. The summed E-state index contributed by atoms with van der Waals surface area (Å²) in [5, 5.41) is 2.91. The van der Waals surface area contributed by atoms with Gasteiger partial charge in [0.1, 0.15) is 12.4 Å². The summed E-state index contributed by atoms with van der Waals surface area (Å²) in [6.45, 7) is 7.82. The second-order valence-corrected chi connectivity index (χ2v) is 7.77. The van der Waals surface area contributed by atoms with Gasteiger partial charge in [0.15, 0.2) is 0 Å². The van der Waals surface area contributed by atoms with Crippen molar-refractivity contribution in [3.63, 3.8) is 0 Å². The van der Waals surface area contributed by atoms with E-state index in [1.807, 2.05) is 24.3 Å². The van der Waals surface area contributed by atoms with Crippen LogP contribution in [0.25, 0.3) is 0 Å². The number of halogens is 2. The maximum absolute atomic E-state index is 12.1. The summed E-state index contributed by atoms with van der Waals surface area (Å²) < 4.78 is 11.3. The Morgan fingerprint density at radius 3 is 2.66 bits per heavy atom. The second-order valence-electron chi connectivity index (χ2n) is 7.77. The molecule has 1 heterocycles. The number of carbonyl (C=O) groups is 1. The van der Waals surface area contributed by atoms with Crippen LogP contribution in [0.4, 0.5) is 0 Å². The van der Waals surface area contributed by atoms with E-state index in [0.717, 1.165) is 43.9 Å². The number of carbonyl (C=O) groups excluding carboxylic acids is 1. The van der Waals surface area contributed by atoms with Gasteiger partial charge in [0, 0.05) is 32.3 Å². The van der Waals surface area contributed by atoms with Crippen molar-refractivity contribution in [2.75, 3.05) is 33.4 Å². The van der Waals surface area contributed by atoms with Crippen LogP contribution in [0, 0.1) is 5.92 Å². The van der Waals surface area contributed by atoms with Crippen LogP contribution in [-0.2, 0) is 16.1 Å². The molecule has 1 atom stereocenters. The maximum atomic E-state index is 12.1. The molecule has 1 aromatic rings. The highest BCUT2D eigenvalue weighted by molar-refractivity contribution is 5.85. The molecule has 0 unspecified atom stereocenters. The Morgan fingerprint density at radius 2 is 2.00 bits per heavy atom. The first kappa shape index (κ1) is 27.9. The molecule has 0 aliphatic carbocycles. The third-order valence-corrected chi connectivity index (χ3v) is 4.95. The van der Waals surface area contributed by atoms with Crippen LogP contribution in [0.15, 0.2) is 24.3 Å². The number of hydrogen-bond donors (Lipinski definition) is 2. The quantitative estimate of drug-likeness (QED) is 0.573. The number of ether oxygens (including phenoxy) is 2. The van der Waals surface area contributed by atoms with Gasteiger partial charge in [-0.25, -0.2) is 0 Å². The molecule has 1 fully saturated rings. The molecule has 0 aromatic heterocycles. The third kappa shape index (κ3) is 10.5. The summed E-state index contributed by atoms with van der Waals surface area (Å²) in [5.74, 6) is 1.13. The van der Waals surface area contributed by atoms with E-state index in [-0.39, 0.29) is 30.7 Å². The summed E-state index contributed by atoms with van der Waals surface area (Å²) in [6, 6.07) is 7.99. The average Bonchev–Trinajstić information content (AvgIpc) is 2.66. The van der Waals surface area contributed by atoms with Crippen molar-refractivity contribution in [2.24, 2.45) is 11.7 Å². The fourth-order valence-electron chi connectivity index (χ4n) is 3.30. The first-order valence-corrected chi connectivity index (χ1v) is 9.98. The Morgan fingerprint density at radius 1 is 1.31 bits per heavy atom. The summed E-state index contributed by atoms with van der Waals surface area (Å²) in [5.41, 5.74) is 6.93. The van der Waals surface area contributed by atoms with E-state index in [9.17, 15) is 4.79 Å². The second kappa shape index (κ2) is 14.9. The van der Waals surface area contributed by atoms with Crippen LogP contribution in [0.3, 0.4) is 0 Å². The number of likely N-dealkylation sites (N-methyl/N-ethyl adjacent to an activating group) is 1. The molecule has 1 amide bonds. The average molecular weight is 450 g/mol. The highest BCUT2D eigenvalue weighted by atomic mass is 35.5. The molecule has 0 saturated carbocycles. The lowest BCUT2D eigenvalue weighted by atomic mass is 10.0. The van der Waals surface area contributed by atoms with Gasteiger partial charge in [-0.05, 0) is 49.9 Å². The molecule has 0 spiro atoms. The first-order valence-electron chi connectivity index (χ1n) is 9.98. The molecule has 1 aliphatic rings. The summed E-state index contributed by atoms with van der Waals surface area (Å²) in [4.78, 5) is 14.4. The Kier molecular flexibility index (Phi) is 14.3. The van der Waals surface area contributed by atoms with Gasteiger partial charge in [-0.15, -0.1) is 24.8 Å². The van der Waals surface area contributed by atoms with E-state index in [1.165, 1.54) is 0 Å². The van der Waals surface area contributed by atoms with Gasteiger partial charge in [-0.2, -0.15) is 0 Å². The highest BCUT2D eigenvalue weighted by Crippen LogP contribution is 2.15. The van der Waals surface area contributed by atoms with Crippen molar-refractivity contribution in [2.45, 2.75) is 51.7 Å². The summed E-state index contributed by atoms with van der Waals surface area (Å²) >= 11 is 0. The monoisotopic (exact) mass is 449 g/mol. The van der Waals surface area contributed by atoms with Gasteiger partial charge in [-0.3, -0.25) is 9.69 Å². The number of nitrogens with one attached hydrogen (secondary N) is 1. The Hall–Kier alpha value is -1.05. The molecule has 0 bridgehead atoms. The lowest BCUT2D eigenvalue weighted by Gasteiger charge is -2.31. The van der Waals surface area contributed by atoms with Crippen LogP contribution in [0.2, 0.25) is 0 Å². The van der Waals surface area contributed by atoms with Gasteiger partial charge in [0.05, 0.1) is 6.04 Å². The summed E-state index contributed by atoms with van der Waals surface area (Å²) in [7, 11) is 2.14. The molecular weight excluding hydrogens is 413 g/mol. The van der Waals surface area contributed by atoms with Crippen molar-refractivity contribution in [3.05, 3.63) is 29.8 Å². The Bertz CT molecular complexity index is 584. The van der Waals surface area contributed by atoms with Gasteiger partial charge in [-0.1, -0.05) is 26.0 Å². The Labute approximate surface area is 187 Å². The SMILES string of the molecule is CC(C)C[C@H](N)C(=O)NCc1cccc(OCCN(C)C2CCOCC2)c1.Cl.Cl. The van der Waals surface area contributed by atoms with Gasteiger partial charge in [0.25, 0.3) is 0 Å². The predicted octanol–water partition coefficient (Wildman–Crippen LogP) is 3.01. The largest absolute Gasteiger partial charge is 0.492 e. The van der Waals surface area contributed by atoms with Gasteiger partial charge < -0.3 is 20.5 Å². The van der Waals surface area contributed by atoms with E-state index in [0.29, 0.717) is 31.5 Å². The van der Waals surface area contributed by atoms with Gasteiger partial charge in [0.2, 0.25) is 5.91 Å². The number of rotatable bonds is 10. The molecule has 1 aromatic carbocycles. The van der Waals surface area contributed by atoms with Crippen LogP contribution >= 0.6 is 24.8 Å². The highest BCUT2D eigenvalue weighted by Gasteiger charge is 2.18. The zero-order chi connectivity index (χ0) is 19.6. The molecule has 168 valence electrons. The molecule has 1 saturated heterocycles. The lowest BCUT2D eigenvalue weighted by molar-refractivity contribution is -0.122. The van der Waals surface area contributed by atoms with E-state index < -0.39 is 6.04 Å². The number of nitrogens with zero attached hydrogens (tertiary/aromatic N) is 1. The van der Waals surface area contributed by atoms with Crippen molar-refractivity contribution in [3.8, 4) is 5.75 Å². The van der Waals surface area contributed by atoms with Crippen LogP contribution < -0.4 is 15.8 Å². The van der Waals surface area contributed by atoms with Crippen molar-refractivity contribution in [1.82, 2.24) is 10.2 Å². The van der Waals surface area contributed by atoms with Crippen molar-refractivity contribution >= 4 is 30.7 Å². The third-order valence-electron chi connectivity index (χ3n) is 4.95. The van der Waals surface area contributed by atoms with E-state index in [1.54, 1.807) is 0 Å². The topological polar surface area (TPSA) is 76.8 Å². The number of benzene rings is 1. The molecule has 6 nitrogen and oxygen atoms in total. The smallest absolute Gasteiger partial charge is 0.237 e. The number of amides is 1. The van der Waals surface area contributed by atoms with Crippen molar-refractivity contribution in [1.29, 1.82) is 0 Å². The molecule has 3 N–H and O–H groups in total. The van der Waals surface area contributed by atoms with Gasteiger partial charge >= 0.3 is 0 Å². The number of nitrogens with two attached hydrogens (primary N) is 1. The van der Waals surface area contributed by atoms with E-state index in [4.69, 9.17) is 15.2 Å².